The fraction of sp³-hybridized carbons (Fsp3) is 0.364. The van der Waals surface area contributed by atoms with E-state index in [1.165, 1.54) is 62.1 Å². The van der Waals surface area contributed by atoms with Crippen LogP contribution >= 0.6 is 23.4 Å². The Bertz CT molecular complexity index is 872. The van der Waals surface area contributed by atoms with Gasteiger partial charge in [0.2, 0.25) is 5.91 Å². The molecular weight excluding hydrogens is 411 g/mol. The maximum atomic E-state index is 13.3. The van der Waals surface area contributed by atoms with Gasteiger partial charge >= 0.3 is 0 Å². The Morgan fingerprint density at radius 2 is 1.86 bits per heavy atom. The standard InChI is InChI=1S/C22H24ClFN2O2S/c23-18-12-16(10-11-19(18)24)26-22(28)17-8-4-5-9-20(17)29-14-21(27)25-13-15-6-2-1-3-7-15/h4-5,8-12,15H,1-3,6-7,13-14H2,(H,25,27)(H,26,28). The first-order valence-corrected chi connectivity index (χ1v) is 11.1. The molecule has 0 heterocycles. The van der Waals surface area contributed by atoms with Gasteiger partial charge in [-0.15, -0.1) is 11.8 Å². The molecule has 2 aromatic rings. The molecule has 1 aliphatic carbocycles. The number of hydrogen-bond donors (Lipinski definition) is 2. The fourth-order valence-electron chi connectivity index (χ4n) is 3.40. The molecule has 0 aromatic heterocycles. The van der Waals surface area contributed by atoms with Crippen LogP contribution in [0.15, 0.2) is 47.4 Å². The number of thioether (sulfide) groups is 1. The Morgan fingerprint density at radius 3 is 2.62 bits per heavy atom. The second-order valence-corrected chi connectivity index (χ2v) is 8.60. The largest absolute Gasteiger partial charge is 0.355 e. The Labute approximate surface area is 179 Å². The molecule has 3 rings (SSSR count). The van der Waals surface area contributed by atoms with Crippen LogP contribution in [0.5, 0.6) is 0 Å². The molecule has 1 fully saturated rings. The van der Waals surface area contributed by atoms with E-state index in [0.29, 0.717) is 22.1 Å². The smallest absolute Gasteiger partial charge is 0.256 e. The number of amides is 2. The summed E-state index contributed by atoms with van der Waals surface area (Å²) in [5.74, 6) is -0.0722. The summed E-state index contributed by atoms with van der Waals surface area (Å²) in [5.41, 5.74) is 0.865. The summed E-state index contributed by atoms with van der Waals surface area (Å²) in [7, 11) is 0. The highest BCUT2D eigenvalue weighted by Crippen LogP contribution is 2.26. The van der Waals surface area contributed by atoms with Gasteiger partial charge in [-0.1, -0.05) is 43.0 Å². The summed E-state index contributed by atoms with van der Waals surface area (Å²) in [6.07, 6.45) is 6.16. The third-order valence-electron chi connectivity index (χ3n) is 4.98. The monoisotopic (exact) mass is 434 g/mol. The van der Waals surface area contributed by atoms with Crippen LogP contribution in [0.25, 0.3) is 0 Å². The first-order chi connectivity index (χ1) is 14.0. The molecule has 0 saturated heterocycles. The quantitative estimate of drug-likeness (QED) is 0.564. The van der Waals surface area contributed by atoms with Crippen LogP contribution in [0, 0.1) is 11.7 Å². The predicted octanol–water partition coefficient (Wildman–Crippen LogP) is 5.52. The molecule has 2 N–H and O–H groups in total. The van der Waals surface area contributed by atoms with E-state index in [4.69, 9.17) is 11.6 Å². The first kappa shape index (κ1) is 21.7. The molecule has 0 unspecified atom stereocenters. The molecular formula is C22H24ClFN2O2S. The van der Waals surface area contributed by atoms with Crippen molar-refractivity contribution in [3.63, 3.8) is 0 Å². The number of halogens is 2. The Hall–Kier alpha value is -2.05. The zero-order valence-electron chi connectivity index (χ0n) is 16.0. The van der Waals surface area contributed by atoms with E-state index < -0.39 is 5.82 Å². The topological polar surface area (TPSA) is 58.2 Å². The van der Waals surface area contributed by atoms with E-state index >= 15 is 0 Å². The van der Waals surface area contributed by atoms with Crippen LogP contribution in [0.1, 0.15) is 42.5 Å². The van der Waals surface area contributed by atoms with Crippen LogP contribution in [-0.2, 0) is 4.79 Å². The summed E-state index contributed by atoms with van der Waals surface area (Å²) < 4.78 is 13.3. The molecule has 2 aromatic carbocycles. The van der Waals surface area contributed by atoms with E-state index in [0.717, 1.165) is 6.54 Å². The number of benzene rings is 2. The zero-order chi connectivity index (χ0) is 20.6. The molecule has 4 nitrogen and oxygen atoms in total. The molecule has 0 atom stereocenters. The Morgan fingerprint density at radius 1 is 1.10 bits per heavy atom. The van der Waals surface area contributed by atoms with Crippen LogP contribution < -0.4 is 10.6 Å². The van der Waals surface area contributed by atoms with E-state index in [9.17, 15) is 14.0 Å². The molecule has 2 amide bonds. The van der Waals surface area contributed by atoms with Gasteiger partial charge in [0, 0.05) is 17.1 Å². The van der Waals surface area contributed by atoms with Gasteiger partial charge in [0.05, 0.1) is 16.3 Å². The molecule has 0 spiro atoms. The summed E-state index contributed by atoms with van der Waals surface area (Å²) in [6, 6.07) is 11.1. The molecule has 1 aliphatic rings. The molecule has 7 heteroatoms. The van der Waals surface area contributed by atoms with Crippen LogP contribution in [0.3, 0.4) is 0 Å². The van der Waals surface area contributed by atoms with E-state index in [1.54, 1.807) is 12.1 Å². The van der Waals surface area contributed by atoms with Crippen molar-refractivity contribution in [1.82, 2.24) is 5.32 Å². The van der Waals surface area contributed by atoms with Gasteiger partial charge in [-0.3, -0.25) is 9.59 Å². The maximum Gasteiger partial charge on any atom is 0.256 e. The highest BCUT2D eigenvalue weighted by molar-refractivity contribution is 8.00. The SMILES string of the molecule is O=C(CSc1ccccc1C(=O)Nc1ccc(F)c(Cl)c1)NCC1CCCCC1. The second-order valence-electron chi connectivity index (χ2n) is 7.18. The van der Waals surface area contributed by atoms with E-state index in [2.05, 4.69) is 10.6 Å². The molecule has 154 valence electrons. The lowest BCUT2D eigenvalue weighted by molar-refractivity contribution is -0.118. The number of rotatable bonds is 7. The summed E-state index contributed by atoms with van der Waals surface area (Å²) in [5, 5.41) is 5.68. The minimum absolute atomic E-state index is 0.0268. The molecule has 1 saturated carbocycles. The van der Waals surface area contributed by atoms with Gasteiger partial charge in [-0.05, 0) is 49.1 Å². The van der Waals surface area contributed by atoms with Gasteiger partial charge in [0.1, 0.15) is 5.82 Å². The van der Waals surface area contributed by atoms with Crippen molar-refractivity contribution in [3.05, 3.63) is 58.9 Å². The normalized spacial score (nSPS) is 14.4. The lowest BCUT2D eigenvalue weighted by Gasteiger charge is -2.21. The number of carbonyl (C=O) groups is 2. The van der Waals surface area contributed by atoms with Crippen LogP contribution in [0.4, 0.5) is 10.1 Å². The summed E-state index contributed by atoms with van der Waals surface area (Å²) in [4.78, 5) is 25.6. The lowest BCUT2D eigenvalue weighted by atomic mass is 9.89. The highest BCUT2D eigenvalue weighted by atomic mass is 35.5. The van der Waals surface area contributed by atoms with Crippen molar-refractivity contribution in [1.29, 1.82) is 0 Å². The van der Waals surface area contributed by atoms with Gasteiger partial charge in [-0.2, -0.15) is 0 Å². The summed E-state index contributed by atoms with van der Waals surface area (Å²) >= 11 is 7.10. The predicted molar refractivity (Wildman–Crippen MR) is 116 cm³/mol. The minimum atomic E-state index is -0.542. The number of hydrogen-bond acceptors (Lipinski definition) is 3. The number of nitrogens with one attached hydrogen (secondary N) is 2. The fourth-order valence-corrected chi connectivity index (χ4v) is 4.46. The molecule has 0 aliphatic heterocycles. The van der Waals surface area contributed by atoms with E-state index in [1.807, 2.05) is 12.1 Å². The Balaban J connectivity index is 1.55. The molecule has 29 heavy (non-hydrogen) atoms. The third kappa shape index (κ3) is 6.47. The highest BCUT2D eigenvalue weighted by Gasteiger charge is 2.16. The maximum absolute atomic E-state index is 13.3. The summed E-state index contributed by atoms with van der Waals surface area (Å²) in [6.45, 7) is 0.729. The average Bonchev–Trinajstić information content (AvgIpc) is 2.74. The van der Waals surface area contributed by atoms with Crippen molar-refractivity contribution >= 4 is 40.9 Å². The van der Waals surface area contributed by atoms with Gasteiger partial charge in [-0.25, -0.2) is 4.39 Å². The van der Waals surface area contributed by atoms with Crippen LogP contribution in [-0.4, -0.2) is 24.1 Å². The number of carbonyl (C=O) groups excluding carboxylic acids is 2. The number of anilines is 1. The van der Waals surface area contributed by atoms with Crippen LogP contribution in [0.2, 0.25) is 5.02 Å². The van der Waals surface area contributed by atoms with Gasteiger partial charge < -0.3 is 10.6 Å². The lowest BCUT2D eigenvalue weighted by Crippen LogP contribution is -2.31. The van der Waals surface area contributed by atoms with Crippen molar-refractivity contribution < 1.29 is 14.0 Å². The average molecular weight is 435 g/mol. The van der Waals surface area contributed by atoms with Crippen molar-refractivity contribution in [3.8, 4) is 0 Å². The Kier molecular flexibility index (Phi) is 7.95. The molecule has 0 bridgehead atoms. The van der Waals surface area contributed by atoms with Crippen molar-refractivity contribution in [2.75, 3.05) is 17.6 Å². The van der Waals surface area contributed by atoms with Crippen molar-refractivity contribution in [2.24, 2.45) is 5.92 Å². The zero-order valence-corrected chi connectivity index (χ0v) is 17.6. The second kappa shape index (κ2) is 10.6. The van der Waals surface area contributed by atoms with E-state index in [-0.39, 0.29) is 22.6 Å². The third-order valence-corrected chi connectivity index (χ3v) is 6.34. The van der Waals surface area contributed by atoms with Gasteiger partial charge in [0.15, 0.2) is 0 Å². The van der Waals surface area contributed by atoms with Gasteiger partial charge in [0.25, 0.3) is 5.91 Å². The first-order valence-electron chi connectivity index (χ1n) is 9.78. The minimum Gasteiger partial charge on any atom is -0.355 e. The van der Waals surface area contributed by atoms with Crippen molar-refractivity contribution in [2.45, 2.75) is 37.0 Å². The molecule has 0 radical (unpaired) electrons.